The summed E-state index contributed by atoms with van der Waals surface area (Å²) in [5.41, 5.74) is 1.83. The van der Waals surface area contributed by atoms with Crippen LogP contribution in [0.1, 0.15) is 18.9 Å². The summed E-state index contributed by atoms with van der Waals surface area (Å²) in [7, 11) is 0.500. The van der Waals surface area contributed by atoms with Crippen LogP contribution >= 0.6 is 23.2 Å². The van der Waals surface area contributed by atoms with Crippen molar-refractivity contribution >= 4 is 39.8 Å². The van der Waals surface area contributed by atoms with Gasteiger partial charge in [0.05, 0.1) is 40.0 Å². The minimum absolute atomic E-state index is 0.00131. The van der Waals surface area contributed by atoms with Crippen LogP contribution in [-0.4, -0.2) is 35.4 Å². The van der Waals surface area contributed by atoms with Crippen LogP contribution in [0.3, 0.4) is 0 Å². The van der Waals surface area contributed by atoms with E-state index in [2.05, 4.69) is 28.8 Å². The van der Waals surface area contributed by atoms with Gasteiger partial charge in [-0.1, -0.05) is 42.4 Å². The Morgan fingerprint density at radius 2 is 2.07 bits per heavy atom. The normalized spacial score (nSPS) is 18.1. The molecule has 2 aliphatic rings. The number of hydrogen-bond acceptors (Lipinski definition) is 4. The molecule has 0 unspecified atom stereocenters. The van der Waals surface area contributed by atoms with Crippen molar-refractivity contribution in [3.8, 4) is 0 Å². The first-order valence-electron chi connectivity index (χ1n) is 9.20. The molecule has 0 atom stereocenters. The first-order valence-corrected chi connectivity index (χ1v) is 9.96. The van der Waals surface area contributed by atoms with Gasteiger partial charge in [-0.2, -0.15) is 0 Å². The zero-order chi connectivity index (χ0) is 21.2. The molecular weight excluding hydrogens is 414 g/mol. The van der Waals surface area contributed by atoms with Gasteiger partial charge in [-0.15, -0.1) is 0 Å². The Balaban J connectivity index is 0.00000117. The summed E-state index contributed by atoms with van der Waals surface area (Å²) < 4.78 is 11.2. The molecule has 1 aliphatic carbocycles. The highest BCUT2D eigenvalue weighted by Gasteiger charge is 2.41. The van der Waals surface area contributed by atoms with Gasteiger partial charge < -0.3 is 10.6 Å². The first kappa shape index (κ1) is 21.6. The summed E-state index contributed by atoms with van der Waals surface area (Å²) in [6, 6.07) is 5.92. The lowest BCUT2D eigenvalue weighted by molar-refractivity contribution is 0.365. The maximum absolute atomic E-state index is 12.8. The van der Waals surface area contributed by atoms with Crippen molar-refractivity contribution in [3.63, 3.8) is 0 Å². The number of allylic oxidation sites excluding steroid dienone is 2. The van der Waals surface area contributed by atoms with E-state index in [0.29, 0.717) is 36.2 Å². The van der Waals surface area contributed by atoms with Crippen LogP contribution in [0.2, 0.25) is 0 Å². The third-order valence-electron chi connectivity index (χ3n) is 5.15. The Bertz CT molecular complexity index is 1040. The maximum Gasteiger partial charge on any atom is 0.261 e. The van der Waals surface area contributed by atoms with E-state index in [1.165, 1.54) is 0 Å². The zero-order valence-corrected chi connectivity index (χ0v) is 17.7. The standard InChI is InChI=1S/C20H20Cl2N4O.CH3F/c1-3-16(18(22)12(2)21)20(9-23-10-20)25-13-4-7-17-15(8-13)19(27)26(11-24-17)14-5-6-14;1-2/h3-4,7-8,11,14,23,25H,1-2,5-6,9-10H2;1H3/b18-16-;. The lowest BCUT2D eigenvalue weighted by Gasteiger charge is -2.45. The second-order valence-corrected chi connectivity index (χ2v) is 7.90. The highest BCUT2D eigenvalue weighted by Crippen LogP contribution is 2.36. The number of fused-ring (bicyclic) bond motifs is 1. The topological polar surface area (TPSA) is 59.0 Å². The number of aromatic nitrogens is 2. The van der Waals surface area contributed by atoms with Crippen LogP contribution in [-0.2, 0) is 0 Å². The molecule has 154 valence electrons. The number of benzene rings is 1. The molecule has 1 aromatic heterocycles. The van der Waals surface area contributed by atoms with Crippen LogP contribution in [0.25, 0.3) is 10.9 Å². The highest BCUT2D eigenvalue weighted by atomic mass is 35.5. The number of anilines is 1. The predicted octanol–water partition coefficient (Wildman–Crippen LogP) is 4.50. The fourth-order valence-corrected chi connectivity index (χ4v) is 3.82. The van der Waals surface area contributed by atoms with E-state index in [9.17, 15) is 9.18 Å². The van der Waals surface area contributed by atoms with Crippen LogP contribution in [0.4, 0.5) is 10.1 Å². The molecular formula is C21H23Cl2FN4O. The first-order chi connectivity index (χ1) is 13.9. The summed E-state index contributed by atoms with van der Waals surface area (Å²) in [5.74, 6) is 0. The monoisotopic (exact) mass is 436 g/mol. The van der Waals surface area contributed by atoms with E-state index in [4.69, 9.17) is 23.2 Å². The molecule has 29 heavy (non-hydrogen) atoms. The van der Waals surface area contributed by atoms with E-state index in [1.807, 2.05) is 18.2 Å². The van der Waals surface area contributed by atoms with E-state index in [-0.39, 0.29) is 16.6 Å². The molecule has 0 spiro atoms. The predicted molar refractivity (Wildman–Crippen MR) is 119 cm³/mol. The molecule has 2 aromatic rings. The molecule has 1 aromatic carbocycles. The molecule has 8 heteroatoms. The number of alkyl halides is 1. The molecule has 2 heterocycles. The Morgan fingerprint density at radius 3 is 2.59 bits per heavy atom. The van der Waals surface area contributed by atoms with Gasteiger partial charge in [0.15, 0.2) is 0 Å². The van der Waals surface area contributed by atoms with E-state index >= 15 is 0 Å². The highest BCUT2D eigenvalue weighted by molar-refractivity contribution is 6.44. The SMILES string of the molecule is C=C/C(=C(/Cl)C(=C)Cl)C1(Nc2ccc3ncn(C4CC4)c(=O)c3c2)CNC1.CF. The Hall–Kier alpha value is -2.15. The molecule has 5 nitrogen and oxygen atoms in total. The maximum atomic E-state index is 12.8. The third kappa shape index (κ3) is 4.10. The molecule has 0 radical (unpaired) electrons. The number of hydrogen-bond donors (Lipinski definition) is 2. The second kappa shape index (κ2) is 8.69. The summed E-state index contributed by atoms with van der Waals surface area (Å²) in [5, 5.41) is 8.03. The molecule has 0 amide bonds. The fourth-order valence-electron chi connectivity index (χ4n) is 3.47. The van der Waals surface area contributed by atoms with Gasteiger partial charge in [-0.05, 0) is 36.6 Å². The average Bonchev–Trinajstić information content (AvgIpc) is 3.53. The van der Waals surface area contributed by atoms with Crippen LogP contribution < -0.4 is 16.2 Å². The number of nitrogens with one attached hydrogen (secondary N) is 2. The summed E-state index contributed by atoms with van der Waals surface area (Å²) in [6.45, 7) is 8.92. The molecule has 4 rings (SSSR count). The lowest BCUT2D eigenvalue weighted by Crippen LogP contribution is -2.65. The van der Waals surface area contributed by atoms with Crippen molar-refractivity contribution in [1.82, 2.24) is 14.9 Å². The average molecular weight is 437 g/mol. The smallest absolute Gasteiger partial charge is 0.261 e. The van der Waals surface area contributed by atoms with E-state index in [0.717, 1.165) is 24.1 Å². The number of rotatable bonds is 6. The van der Waals surface area contributed by atoms with Gasteiger partial charge in [0, 0.05) is 24.8 Å². The van der Waals surface area contributed by atoms with Crippen molar-refractivity contribution in [3.05, 3.63) is 69.8 Å². The second-order valence-electron chi connectivity index (χ2n) is 7.07. The molecule has 2 N–H and O–H groups in total. The Labute approximate surface area is 178 Å². The van der Waals surface area contributed by atoms with Gasteiger partial charge in [-0.3, -0.25) is 13.8 Å². The van der Waals surface area contributed by atoms with E-state index < -0.39 is 5.54 Å². The zero-order valence-electron chi connectivity index (χ0n) is 16.1. The molecule has 1 aliphatic heterocycles. The van der Waals surface area contributed by atoms with Gasteiger partial charge in [0.2, 0.25) is 0 Å². The quantitative estimate of drug-likeness (QED) is 0.654. The minimum Gasteiger partial charge on any atom is -0.373 e. The van der Waals surface area contributed by atoms with Crippen molar-refractivity contribution in [2.45, 2.75) is 24.4 Å². The van der Waals surface area contributed by atoms with Crippen molar-refractivity contribution in [1.29, 1.82) is 0 Å². The van der Waals surface area contributed by atoms with Crippen molar-refractivity contribution in [2.75, 3.05) is 25.6 Å². The Kier molecular flexibility index (Phi) is 6.46. The number of halogens is 3. The minimum atomic E-state index is -0.456. The molecule has 1 saturated carbocycles. The molecule has 0 bridgehead atoms. The Morgan fingerprint density at radius 1 is 1.38 bits per heavy atom. The van der Waals surface area contributed by atoms with E-state index in [1.54, 1.807) is 17.0 Å². The van der Waals surface area contributed by atoms with Crippen LogP contribution in [0.5, 0.6) is 0 Å². The van der Waals surface area contributed by atoms with Gasteiger partial charge in [0.25, 0.3) is 5.56 Å². The molecule has 2 fully saturated rings. The van der Waals surface area contributed by atoms with Crippen LogP contribution in [0.15, 0.2) is 64.2 Å². The van der Waals surface area contributed by atoms with Crippen LogP contribution in [0, 0.1) is 0 Å². The summed E-state index contributed by atoms with van der Waals surface area (Å²) in [4.78, 5) is 17.2. The van der Waals surface area contributed by atoms with Crippen molar-refractivity contribution in [2.24, 2.45) is 0 Å². The molecule has 1 saturated heterocycles. The van der Waals surface area contributed by atoms with Gasteiger partial charge in [0.1, 0.15) is 0 Å². The summed E-state index contributed by atoms with van der Waals surface area (Å²) >= 11 is 12.4. The van der Waals surface area contributed by atoms with Gasteiger partial charge in [-0.25, -0.2) is 4.98 Å². The summed E-state index contributed by atoms with van der Waals surface area (Å²) in [6.07, 6.45) is 5.42. The van der Waals surface area contributed by atoms with Gasteiger partial charge >= 0.3 is 0 Å². The fraction of sp³-hybridized carbons (Fsp3) is 0.333. The lowest BCUT2D eigenvalue weighted by atomic mass is 9.82. The largest absolute Gasteiger partial charge is 0.373 e. The third-order valence-corrected chi connectivity index (χ3v) is 5.87. The number of nitrogens with zero attached hydrogens (tertiary/aromatic N) is 2. The van der Waals surface area contributed by atoms with Crippen molar-refractivity contribution < 1.29 is 4.39 Å².